The van der Waals surface area contributed by atoms with Crippen LogP contribution in [0.1, 0.15) is 17.0 Å². The fourth-order valence-corrected chi connectivity index (χ4v) is 2.44. The number of hydrogen-bond donors (Lipinski definition) is 2. The van der Waals surface area contributed by atoms with E-state index >= 15 is 0 Å². The fourth-order valence-electron chi connectivity index (χ4n) is 2.44. The van der Waals surface area contributed by atoms with Crippen LogP contribution in [0, 0.1) is 17.1 Å². The van der Waals surface area contributed by atoms with Gasteiger partial charge in [0.25, 0.3) is 0 Å². The topological polar surface area (TPSA) is 79.3 Å². The zero-order chi connectivity index (χ0) is 15.0. The number of phenols is 1. The summed E-state index contributed by atoms with van der Waals surface area (Å²) < 4.78 is 18.5. The third kappa shape index (κ3) is 2.17. The number of rotatable bonds is 1. The van der Waals surface area contributed by atoms with Crippen LogP contribution in [-0.4, -0.2) is 5.11 Å². The summed E-state index contributed by atoms with van der Waals surface area (Å²) in [4.78, 5) is 0. The van der Waals surface area contributed by atoms with Crippen molar-refractivity contribution in [2.45, 2.75) is 5.92 Å². The maximum absolute atomic E-state index is 13.1. The van der Waals surface area contributed by atoms with E-state index in [-0.39, 0.29) is 23.0 Å². The lowest BCUT2D eigenvalue weighted by molar-refractivity contribution is 0.388. The largest absolute Gasteiger partial charge is 0.508 e. The van der Waals surface area contributed by atoms with E-state index in [1.807, 2.05) is 6.07 Å². The smallest absolute Gasteiger partial charge is 0.205 e. The summed E-state index contributed by atoms with van der Waals surface area (Å²) in [5.41, 5.74) is 7.48. The molecule has 0 spiro atoms. The van der Waals surface area contributed by atoms with Crippen molar-refractivity contribution >= 4 is 0 Å². The van der Waals surface area contributed by atoms with E-state index in [4.69, 9.17) is 10.5 Å². The van der Waals surface area contributed by atoms with Gasteiger partial charge < -0.3 is 15.6 Å². The summed E-state index contributed by atoms with van der Waals surface area (Å²) in [6.45, 7) is 0. The summed E-state index contributed by atoms with van der Waals surface area (Å²) in [5.74, 6) is -0.377. The molecule has 5 heteroatoms. The Morgan fingerprint density at radius 1 is 1.19 bits per heavy atom. The van der Waals surface area contributed by atoms with Gasteiger partial charge in [0.15, 0.2) is 0 Å². The Morgan fingerprint density at radius 3 is 2.57 bits per heavy atom. The molecule has 0 aromatic heterocycles. The highest BCUT2D eigenvalue weighted by Gasteiger charge is 2.30. The number of nitriles is 1. The number of ether oxygens (including phenoxy) is 1. The Hall–Kier alpha value is -3.00. The van der Waals surface area contributed by atoms with Crippen LogP contribution in [0.4, 0.5) is 4.39 Å². The molecule has 1 aliphatic rings. The Morgan fingerprint density at radius 2 is 1.90 bits per heavy atom. The molecule has 0 saturated carbocycles. The maximum atomic E-state index is 13.1. The van der Waals surface area contributed by atoms with Gasteiger partial charge in [0.05, 0.1) is 5.92 Å². The number of aromatic hydroxyl groups is 1. The molecule has 0 saturated heterocycles. The number of hydrogen-bond acceptors (Lipinski definition) is 4. The zero-order valence-corrected chi connectivity index (χ0v) is 10.9. The number of fused-ring (bicyclic) bond motifs is 1. The van der Waals surface area contributed by atoms with E-state index in [2.05, 4.69) is 0 Å². The van der Waals surface area contributed by atoms with Gasteiger partial charge in [-0.3, -0.25) is 0 Å². The molecule has 104 valence electrons. The molecule has 0 fully saturated rings. The van der Waals surface area contributed by atoms with Crippen molar-refractivity contribution in [1.82, 2.24) is 0 Å². The molecule has 2 aromatic carbocycles. The molecule has 3 N–H and O–H groups in total. The second-order valence-corrected chi connectivity index (χ2v) is 4.70. The molecule has 0 aliphatic carbocycles. The summed E-state index contributed by atoms with van der Waals surface area (Å²) in [7, 11) is 0. The van der Waals surface area contributed by atoms with Crippen LogP contribution in [0.2, 0.25) is 0 Å². The highest BCUT2D eigenvalue weighted by atomic mass is 19.1. The van der Waals surface area contributed by atoms with Gasteiger partial charge in [-0.05, 0) is 23.8 Å². The second kappa shape index (κ2) is 4.84. The zero-order valence-electron chi connectivity index (χ0n) is 10.9. The van der Waals surface area contributed by atoms with Crippen LogP contribution < -0.4 is 10.5 Å². The van der Waals surface area contributed by atoms with Gasteiger partial charge in [-0.1, -0.05) is 18.2 Å². The molecule has 21 heavy (non-hydrogen) atoms. The van der Waals surface area contributed by atoms with Gasteiger partial charge >= 0.3 is 0 Å². The molecule has 4 nitrogen and oxygen atoms in total. The monoisotopic (exact) mass is 282 g/mol. The summed E-state index contributed by atoms with van der Waals surface area (Å²) in [6, 6.07) is 12.5. The first-order valence-corrected chi connectivity index (χ1v) is 6.26. The van der Waals surface area contributed by atoms with Gasteiger partial charge in [-0.15, -0.1) is 0 Å². The molecule has 0 radical (unpaired) electrons. The van der Waals surface area contributed by atoms with Crippen molar-refractivity contribution < 1.29 is 14.2 Å². The first kappa shape index (κ1) is 13.0. The van der Waals surface area contributed by atoms with Gasteiger partial charge in [0, 0.05) is 11.6 Å². The number of allylic oxidation sites excluding steroid dienone is 1. The standard InChI is InChI=1S/C16H11FN2O2/c17-10-3-1-9(2-4-10)15-12-6-5-11(20)7-14(12)21-16(19)13(15)8-18/h1-7,15,20H,19H2/t15-/m0/s1. The first-order valence-electron chi connectivity index (χ1n) is 6.26. The lowest BCUT2D eigenvalue weighted by Gasteiger charge is -2.26. The number of benzene rings is 2. The van der Waals surface area contributed by atoms with E-state index in [0.29, 0.717) is 11.3 Å². The van der Waals surface area contributed by atoms with Gasteiger partial charge in [0.2, 0.25) is 5.88 Å². The van der Waals surface area contributed by atoms with E-state index in [1.165, 1.54) is 24.3 Å². The van der Waals surface area contributed by atoms with E-state index in [1.54, 1.807) is 18.2 Å². The van der Waals surface area contributed by atoms with Crippen LogP contribution in [0.5, 0.6) is 11.5 Å². The van der Waals surface area contributed by atoms with Gasteiger partial charge in [0.1, 0.15) is 29.0 Å². The summed E-state index contributed by atoms with van der Waals surface area (Å²) in [6.07, 6.45) is 0. The molecule has 0 unspecified atom stereocenters. The van der Waals surface area contributed by atoms with Gasteiger partial charge in [-0.25, -0.2) is 4.39 Å². The number of phenolic OH excluding ortho intramolecular Hbond substituents is 1. The average molecular weight is 282 g/mol. The molecule has 0 amide bonds. The highest BCUT2D eigenvalue weighted by molar-refractivity contribution is 5.56. The molecule has 1 atom stereocenters. The average Bonchev–Trinajstić information content (AvgIpc) is 2.46. The number of halogens is 1. The van der Waals surface area contributed by atoms with Crippen molar-refractivity contribution in [3.63, 3.8) is 0 Å². The minimum absolute atomic E-state index is 0.00933. The quantitative estimate of drug-likeness (QED) is 0.843. The molecule has 1 heterocycles. The fraction of sp³-hybridized carbons (Fsp3) is 0.0625. The summed E-state index contributed by atoms with van der Waals surface area (Å²) >= 11 is 0. The molecular formula is C16H11FN2O2. The second-order valence-electron chi connectivity index (χ2n) is 4.70. The van der Waals surface area contributed by atoms with Crippen molar-refractivity contribution in [3.8, 4) is 17.6 Å². The molecule has 1 aliphatic heterocycles. The minimum Gasteiger partial charge on any atom is -0.508 e. The Kier molecular flexibility index (Phi) is 2.99. The van der Waals surface area contributed by atoms with Crippen LogP contribution in [0.25, 0.3) is 0 Å². The van der Waals surface area contributed by atoms with E-state index in [0.717, 1.165) is 5.56 Å². The molecule has 3 rings (SSSR count). The third-order valence-corrected chi connectivity index (χ3v) is 3.41. The number of nitrogens with zero attached hydrogens (tertiary/aromatic N) is 1. The van der Waals surface area contributed by atoms with Crippen LogP contribution in [0.3, 0.4) is 0 Å². The van der Waals surface area contributed by atoms with Crippen LogP contribution in [0.15, 0.2) is 53.9 Å². The lowest BCUT2D eigenvalue weighted by Crippen LogP contribution is -2.20. The molecule has 2 aromatic rings. The van der Waals surface area contributed by atoms with Gasteiger partial charge in [-0.2, -0.15) is 5.26 Å². The lowest BCUT2D eigenvalue weighted by atomic mass is 9.83. The maximum Gasteiger partial charge on any atom is 0.205 e. The predicted octanol–water partition coefficient (Wildman–Crippen LogP) is 2.75. The van der Waals surface area contributed by atoms with E-state index < -0.39 is 5.92 Å². The third-order valence-electron chi connectivity index (χ3n) is 3.41. The minimum atomic E-state index is -0.444. The SMILES string of the molecule is N#CC1=C(N)Oc2cc(O)ccc2[C@@H]1c1ccc(F)cc1. The molecular weight excluding hydrogens is 271 g/mol. The normalized spacial score (nSPS) is 16.9. The van der Waals surface area contributed by atoms with E-state index in [9.17, 15) is 14.8 Å². The van der Waals surface area contributed by atoms with Crippen molar-refractivity contribution in [3.05, 3.63) is 70.9 Å². The predicted molar refractivity (Wildman–Crippen MR) is 73.8 cm³/mol. The van der Waals surface area contributed by atoms with Crippen molar-refractivity contribution in [1.29, 1.82) is 5.26 Å². The number of nitrogens with two attached hydrogens (primary N) is 1. The van der Waals surface area contributed by atoms with Crippen LogP contribution >= 0.6 is 0 Å². The van der Waals surface area contributed by atoms with Crippen molar-refractivity contribution in [2.24, 2.45) is 5.73 Å². The highest BCUT2D eigenvalue weighted by Crippen LogP contribution is 2.43. The Labute approximate surface area is 120 Å². The Bertz CT molecular complexity index is 776. The Balaban J connectivity index is 2.21. The molecule has 0 bridgehead atoms. The summed E-state index contributed by atoms with van der Waals surface area (Å²) in [5, 5.41) is 18.9. The van der Waals surface area contributed by atoms with Crippen LogP contribution in [-0.2, 0) is 0 Å². The van der Waals surface area contributed by atoms with Crippen molar-refractivity contribution in [2.75, 3.05) is 0 Å². The first-order chi connectivity index (χ1) is 10.1.